The number of pyridine rings is 1. The predicted molar refractivity (Wildman–Crippen MR) is 116 cm³/mol. The van der Waals surface area contributed by atoms with Gasteiger partial charge in [0.1, 0.15) is 5.69 Å². The van der Waals surface area contributed by atoms with Gasteiger partial charge in [0.25, 0.3) is 11.5 Å². The molecule has 2 fully saturated rings. The molecular formula is C24H25N5O2. The number of carbonyl (C=O) groups is 1. The van der Waals surface area contributed by atoms with Crippen molar-refractivity contribution in [1.29, 1.82) is 0 Å². The van der Waals surface area contributed by atoms with E-state index in [1.807, 2.05) is 42.2 Å². The standard InChI is InChI=1S/C24H25N5O2/c1-16-10-27-21(11-26-16)24(31)29-14-19-13-28(12-18-8-5-9-25-23(18)30)15-20(19)22(29)17-6-3-2-4-7-17/h2-11,19-20,22H,12-15H2,1H3,(H,25,30)/t19-,20-,22+/m0/s1. The highest BCUT2D eigenvalue weighted by Crippen LogP contribution is 2.45. The Kier molecular flexibility index (Phi) is 5.11. The summed E-state index contributed by atoms with van der Waals surface area (Å²) in [4.78, 5) is 41.1. The van der Waals surface area contributed by atoms with Gasteiger partial charge in [0.2, 0.25) is 0 Å². The van der Waals surface area contributed by atoms with Crippen LogP contribution in [0.15, 0.2) is 65.8 Å². The van der Waals surface area contributed by atoms with Crippen molar-refractivity contribution in [1.82, 2.24) is 24.8 Å². The average Bonchev–Trinajstić information content (AvgIpc) is 3.33. The second-order valence-corrected chi connectivity index (χ2v) is 8.50. The maximum Gasteiger partial charge on any atom is 0.274 e. The van der Waals surface area contributed by atoms with Crippen molar-refractivity contribution in [2.75, 3.05) is 19.6 Å². The zero-order chi connectivity index (χ0) is 21.4. The first kappa shape index (κ1) is 19.6. The molecule has 7 nitrogen and oxygen atoms in total. The van der Waals surface area contributed by atoms with E-state index >= 15 is 0 Å². The minimum absolute atomic E-state index is 0.0131. The number of carbonyl (C=O) groups excluding carboxylic acids is 1. The normalized spacial score (nSPS) is 23.1. The van der Waals surface area contributed by atoms with Crippen LogP contribution in [0.2, 0.25) is 0 Å². The van der Waals surface area contributed by atoms with Gasteiger partial charge in [-0.3, -0.25) is 19.5 Å². The number of aromatic amines is 1. The van der Waals surface area contributed by atoms with Crippen molar-refractivity contribution in [3.8, 4) is 0 Å². The molecule has 0 radical (unpaired) electrons. The van der Waals surface area contributed by atoms with Crippen molar-refractivity contribution in [2.45, 2.75) is 19.5 Å². The number of aromatic nitrogens is 3. The van der Waals surface area contributed by atoms with Gasteiger partial charge >= 0.3 is 0 Å². The molecule has 3 atom stereocenters. The van der Waals surface area contributed by atoms with Gasteiger partial charge in [0.15, 0.2) is 0 Å². The molecule has 4 heterocycles. The molecule has 1 N–H and O–H groups in total. The van der Waals surface area contributed by atoms with Gasteiger partial charge in [-0.2, -0.15) is 0 Å². The highest BCUT2D eigenvalue weighted by atomic mass is 16.2. The lowest BCUT2D eigenvalue weighted by Crippen LogP contribution is -2.36. The summed E-state index contributed by atoms with van der Waals surface area (Å²) in [6, 6.07) is 14.0. The number of benzene rings is 1. The molecule has 1 aromatic carbocycles. The van der Waals surface area contributed by atoms with Crippen LogP contribution in [0.1, 0.15) is 33.4 Å². The summed E-state index contributed by atoms with van der Waals surface area (Å²) >= 11 is 0. The molecule has 0 saturated carbocycles. The Balaban J connectivity index is 1.41. The number of H-pyrrole nitrogens is 1. The van der Waals surface area contributed by atoms with Crippen LogP contribution < -0.4 is 5.56 Å². The van der Waals surface area contributed by atoms with Gasteiger partial charge in [-0.25, -0.2) is 4.98 Å². The summed E-state index contributed by atoms with van der Waals surface area (Å²) in [5.41, 5.74) is 3.07. The van der Waals surface area contributed by atoms with E-state index in [1.165, 1.54) is 0 Å². The summed E-state index contributed by atoms with van der Waals surface area (Å²) in [5, 5.41) is 0. The average molecular weight is 415 g/mol. The highest BCUT2D eigenvalue weighted by Gasteiger charge is 2.49. The van der Waals surface area contributed by atoms with Crippen LogP contribution in [0.3, 0.4) is 0 Å². The fourth-order valence-electron chi connectivity index (χ4n) is 5.02. The number of nitrogens with one attached hydrogen (secondary N) is 1. The Morgan fingerprint density at radius 3 is 2.65 bits per heavy atom. The van der Waals surface area contributed by atoms with E-state index in [9.17, 15) is 9.59 Å². The molecule has 158 valence electrons. The Hall–Kier alpha value is -3.32. The van der Waals surface area contributed by atoms with Crippen molar-refractivity contribution in [2.24, 2.45) is 11.8 Å². The molecule has 1 amide bonds. The molecule has 2 aliphatic heterocycles. The van der Waals surface area contributed by atoms with Gasteiger partial charge in [-0.05, 0) is 24.5 Å². The lowest BCUT2D eigenvalue weighted by atomic mass is 9.89. The van der Waals surface area contributed by atoms with Gasteiger partial charge in [-0.1, -0.05) is 36.4 Å². The van der Waals surface area contributed by atoms with Crippen molar-refractivity contribution < 1.29 is 4.79 Å². The zero-order valence-corrected chi connectivity index (χ0v) is 17.4. The molecular weight excluding hydrogens is 390 g/mol. The Bertz CT molecular complexity index is 1130. The number of hydrogen-bond donors (Lipinski definition) is 1. The Labute approximate surface area is 180 Å². The topological polar surface area (TPSA) is 82.2 Å². The molecule has 3 aromatic rings. The molecule has 5 rings (SSSR count). The van der Waals surface area contributed by atoms with E-state index in [1.54, 1.807) is 18.6 Å². The lowest BCUT2D eigenvalue weighted by Gasteiger charge is -2.29. The van der Waals surface area contributed by atoms with E-state index in [0.717, 1.165) is 29.9 Å². The van der Waals surface area contributed by atoms with Crippen LogP contribution in [-0.4, -0.2) is 50.3 Å². The fourth-order valence-corrected chi connectivity index (χ4v) is 5.02. The number of nitrogens with zero attached hydrogens (tertiary/aromatic N) is 4. The van der Waals surface area contributed by atoms with Crippen LogP contribution in [0.25, 0.3) is 0 Å². The number of hydrogen-bond acceptors (Lipinski definition) is 5. The maximum absolute atomic E-state index is 13.4. The fraction of sp³-hybridized carbons (Fsp3) is 0.333. The Morgan fingerprint density at radius 2 is 1.90 bits per heavy atom. The quantitative estimate of drug-likeness (QED) is 0.708. The smallest absolute Gasteiger partial charge is 0.274 e. The van der Waals surface area contributed by atoms with Gasteiger partial charge in [0.05, 0.1) is 17.9 Å². The van der Waals surface area contributed by atoms with E-state index in [4.69, 9.17) is 0 Å². The molecule has 2 aromatic heterocycles. The van der Waals surface area contributed by atoms with Crippen LogP contribution >= 0.6 is 0 Å². The molecule has 2 aliphatic rings. The second-order valence-electron chi connectivity index (χ2n) is 8.50. The van der Waals surface area contributed by atoms with E-state index in [0.29, 0.717) is 30.6 Å². The van der Waals surface area contributed by atoms with Crippen LogP contribution in [-0.2, 0) is 6.54 Å². The van der Waals surface area contributed by atoms with Crippen molar-refractivity contribution in [3.63, 3.8) is 0 Å². The first-order chi connectivity index (χ1) is 15.1. The van der Waals surface area contributed by atoms with E-state index in [2.05, 4.69) is 32.0 Å². The van der Waals surface area contributed by atoms with Crippen LogP contribution in [0.4, 0.5) is 0 Å². The maximum atomic E-state index is 13.4. The minimum Gasteiger partial charge on any atom is -0.330 e. The Morgan fingerprint density at radius 1 is 1.06 bits per heavy atom. The van der Waals surface area contributed by atoms with Gasteiger partial charge in [0, 0.05) is 50.1 Å². The van der Waals surface area contributed by atoms with Crippen molar-refractivity contribution in [3.05, 3.63) is 93.9 Å². The molecule has 0 spiro atoms. The van der Waals surface area contributed by atoms with Crippen LogP contribution in [0.5, 0.6) is 0 Å². The van der Waals surface area contributed by atoms with Gasteiger partial charge < -0.3 is 9.88 Å². The minimum atomic E-state index is -0.0678. The molecule has 2 saturated heterocycles. The van der Waals surface area contributed by atoms with Crippen molar-refractivity contribution >= 4 is 5.91 Å². The summed E-state index contributed by atoms with van der Waals surface area (Å²) in [7, 11) is 0. The third kappa shape index (κ3) is 3.77. The molecule has 31 heavy (non-hydrogen) atoms. The molecule has 7 heteroatoms. The first-order valence-corrected chi connectivity index (χ1v) is 10.6. The number of likely N-dealkylation sites (tertiary alicyclic amines) is 2. The van der Waals surface area contributed by atoms with Gasteiger partial charge in [-0.15, -0.1) is 0 Å². The third-order valence-corrected chi connectivity index (χ3v) is 6.44. The number of aryl methyl sites for hydroxylation is 1. The van der Waals surface area contributed by atoms with Crippen LogP contribution in [0, 0.1) is 18.8 Å². The molecule has 0 unspecified atom stereocenters. The zero-order valence-electron chi connectivity index (χ0n) is 17.4. The summed E-state index contributed by atoms with van der Waals surface area (Å²) in [5.74, 6) is 0.602. The molecule has 0 bridgehead atoms. The first-order valence-electron chi connectivity index (χ1n) is 10.6. The summed E-state index contributed by atoms with van der Waals surface area (Å²) < 4.78 is 0. The summed E-state index contributed by atoms with van der Waals surface area (Å²) in [6.07, 6.45) is 4.87. The summed E-state index contributed by atoms with van der Waals surface area (Å²) in [6.45, 7) is 4.89. The largest absolute Gasteiger partial charge is 0.330 e. The molecule has 0 aliphatic carbocycles. The lowest BCUT2D eigenvalue weighted by molar-refractivity contribution is 0.0693. The monoisotopic (exact) mass is 415 g/mol. The highest BCUT2D eigenvalue weighted by molar-refractivity contribution is 5.92. The second kappa shape index (κ2) is 8.07. The van der Waals surface area contributed by atoms with E-state index < -0.39 is 0 Å². The predicted octanol–water partition coefficient (Wildman–Crippen LogP) is 2.42. The number of amides is 1. The SMILES string of the molecule is Cc1cnc(C(=O)N2C[C@@H]3CN(Cc4ccc[nH]c4=O)C[C@@H]3[C@H]2c2ccccc2)cn1. The third-order valence-electron chi connectivity index (χ3n) is 6.44. The number of fused-ring (bicyclic) bond motifs is 1. The van der Waals surface area contributed by atoms with E-state index in [-0.39, 0.29) is 17.5 Å². The number of rotatable bonds is 4.